The first-order valence-electron chi connectivity index (χ1n) is 11.8. The summed E-state index contributed by atoms with van der Waals surface area (Å²) in [4.78, 5) is 15.1. The van der Waals surface area contributed by atoms with Crippen LogP contribution in [0.3, 0.4) is 0 Å². The lowest BCUT2D eigenvalue weighted by Crippen LogP contribution is -2.34. The summed E-state index contributed by atoms with van der Waals surface area (Å²) in [5.41, 5.74) is 3.48. The summed E-state index contributed by atoms with van der Waals surface area (Å²) in [6, 6.07) is 16.2. The van der Waals surface area contributed by atoms with Gasteiger partial charge in [0.1, 0.15) is 0 Å². The summed E-state index contributed by atoms with van der Waals surface area (Å²) in [6.45, 7) is 5.65. The van der Waals surface area contributed by atoms with Gasteiger partial charge in [-0.05, 0) is 43.0 Å². The number of nitrogens with zero attached hydrogens (tertiary/aromatic N) is 1. The first-order chi connectivity index (χ1) is 15.6. The molecule has 32 heavy (non-hydrogen) atoms. The number of benzene rings is 2. The van der Waals surface area contributed by atoms with E-state index in [1.807, 2.05) is 41.3 Å². The zero-order valence-electron chi connectivity index (χ0n) is 20.2. The Morgan fingerprint density at radius 2 is 1.66 bits per heavy atom. The van der Waals surface area contributed by atoms with Gasteiger partial charge < -0.3 is 14.4 Å². The van der Waals surface area contributed by atoms with Crippen LogP contribution in [0.15, 0.2) is 54.1 Å². The highest BCUT2D eigenvalue weighted by Gasteiger charge is 2.15. The highest BCUT2D eigenvalue weighted by Crippen LogP contribution is 2.27. The molecule has 0 radical (unpaired) electrons. The Balaban J connectivity index is 2.05. The largest absolute Gasteiger partial charge is 0.493 e. The van der Waals surface area contributed by atoms with E-state index in [4.69, 9.17) is 9.47 Å². The fourth-order valence-electron chi connectivity index (χ4n) is 3.81. The molecule has 0 aromatic heterocycles. The third-order valence-electron chi connectivity index (χ3n) is 5.62. The monoisotopic (exact) mass is 437 g/mol. The van der Waals surface area contributed by atoms with E-state index in [1.165, 1.54) is 24.8 Å². The molecule has 0 N–H and O–H groups in total. The SMILES string of the molecule is CCCCCCCC(=O)N(CCc1ccc(OC)c(OC)c1)C/C(C)=C/c1ccccc1. The van der Waals surface area contributed by atoms with Crippen molar-refractivity contribution in [1.82, 2.24) is 4.90 Å². The van der Waals surface area contributed by atoms with Crippen LogP contribution in [-0.4, -0.2) is 38.1 Å². The highest BCUT2D eigenvalue weighted by atomic mass is 16.5. The molecule has 0 heterocycles. The van der Waals surface area contributed by atoms with Gasteiger partial charge in [0.2, 0.25) is 5.91 Å². The molecule has 0 saturated heterocycles. The van der Waals surface area contributed by atoms with Crippen molar-refractivity contribution >= 4 is 12.0 Å². The number of carbonyl (C=O) groups is 1. The van der Waals surface area contributed by atoms with E-state index < -0.39 is 0 Å². The molecule has 4 nitrogen and oxygen atoms in total. The van der Waals surface area contributed by atoms with Crippen molar-refractivity contribution in [1.29, 1.82) is 0 Å². The first kappa shape index (κ1) is 25.5. The van der Waals surface area contributed by atoms with Gasteiger partial charge in [-0.25, -0.2) is 0 Å². The van der Waals surface area contributed by atoms with Crippen LogP contribution in [0.2, 0.25) is 0 Å². The number of rotatable bonds is 14. The van der Waals surface area contributed by atoms with Crippen LogP contribution in [0.1, 0.15) is 63.5 Å². The summed E-state index contributed by atoms with van der Waals surface area (Å²) < 4.78 is 10.8. The van der Waals surface area contributed by atoms with Gasteiger partial charge in [-0.15, -0.1) is 0 Å². The molecule has 0 aliphatic heterocycles. The van der Waals surface area contributed by atoms with Crippen molar-refractivity contribution in [2.45, 2.75) is 58.8 Å². The quantitative estimate of drug-likeness (QED) is 0.315. The molecule has 0 aliphatic carbocycles. The summed E-state index contributed by atoms with van der Waals surface area (Å²) in [5, 5.41) is 0. The van der Waals surface area contributed by atoms with Crippen molar-refractivity contribution in [2.24, 2.45) is 0 Å². The van der Waals surface area contributed by atoms with E-state index in [2.05, 4.69) is 32.1 Å². The Hall–Kier alpha value is -2.75. The van der Waals surface area contributed by atoms with E-state index in [-0.39, 0.29) is 5.91 Å². The molecule has 4 heteroatoms. The minimum atomic E-state index is 0.239. The van der Waals surface area contributed by atoms with Crippen LogP contribution in [-0.2, 0) is 11.2 Å². The van der Waals surface area contributed by atoms with Gasteiger partial charge in [0.05, 0.1) is 14.2 Å². The van der Waals surface area contributed by atoms with Crippen LogP contribution >= 0.6 is 0 Å². The fourth-order valence-corrected chi connectivity index (χ4v) is 3.81. The topological polar surface area (TPSA) is 38.8 Å². The van der Waals surface area contributed by atoms with E-state index in [9.17, 15) is 4.79 Å². The van der Waals surface area contributed by atoms with E-state index in [0.29, 0.717) is 19.5 Å². The van der Waals surface area contributed by atoms with Crippen molar-refractivity contribution in [2.75, 3.05) is 27.3 Å². The summed E-state index contributed by atoms with van der Waals surface area (Å²) in [7, 11) is 3.29. The molecular formula is C28H39NO3. The van der Waals surface area contributed by atoms with E-state index in [1.54, 1.807) is 14.2 Å². The fraction of sp³-hybridized carbons (Fsp3) is 0.464. The maximum atomic E-state index is 13.1. The summed E-state index contributed by atoms with van der Waals surface area (Å²) in [5.74, 6) is 1.68. The van der Waals surface area contributed by atoms with Gasteiger partial charge in [-0.3, -0.25) is 4.79 Å². The van der Waals surface area contributed by atoms with Crippen molar-refractivity contribution in [3.05, 3.63) is 65.2 Å². The van der Waals surface area contributed by atoms with Crippen molar-refractivity contribution in [3.63, 3.8) is 0 Å². The van der Waals surface area contributed by atoms with Gasteiger partial charge in [-0.2, -0.15) is 0 Å². The van der Waals surface area contributed by atoms with Crippen molar-refractivity contribution in [3.8, 4) is 11.5 Å². The Morgan fingerprint density at radius 3 is 2.34 bits per heavy atom. The normalized spacial score (nSPS) is 11.3. The van der Waals surface area contributed by atoms with Gasteiger partial charge in [-0.1, -0.05) is 80.7 Å². The van der Waals surface area contributed by atoms with Gasteiger partial charge in [0.15, 0.2) is 11.5 Å². The molecule has 0 spiro atoms. The minimum absolute atomic E-state index is 0.239. The Bertz CT molecular complexity index is 845. The average molecular weight is 438 g/mol. The van der Waals surface area contributed by atoms with Gasteiger partial charge in [0, 0.05) is 19.5 Å². The van der Waals surface area contributed by atoms with E-state index >= 15 is 0 Å². The second-order valence-electron chi connectivity index (χ2n) is 8.32. The lowest BCUT2D eigenvalue weighted by Gasteiger charge is -2.24. The average Bonchev–Trinajstić information content (AvgIpc) is 2.81. The standard InChI is InChI=1S/C28H39NO3/c1-5-6-7-8-12-15-28(30)29(22-23(2)20-24-13-10-9-11-14-24)19-18-25-16-17-26(31-3)27(21-25)32-4/h9-11,13-14,16-17,20-21H,5-8,12,15,18-19,22H2,1-4H3/b23-20+. The van der Waals surface area contributed by atoms with Crippen LogP contribution in [0, 0.1) is 0 Å². The Kier molecular flexibility index (Phi) is 11.4. The Labute approximate surface area is 194 Å². The number of methoxy groups -OCH3 is 2. The van der Waals surface area contributed by atoms with E-state index in [0.717, 1.165) is 41.9 Å². The minimum Gasteiger partial charge on any atom is -0.493 e. The molecule has 0 atom stereocenters. The van der Waals surface area contributed by atoms with Gasteiger partial charge >= 0.3 is 0 Å². The molecule has 0 unspecified atom stereocenters. The number of unbranched alkanes of at least 4 members (excludes halogenated alkanes) is 4. The van der Waals surface area contributed by atoms with Crippen LogP contribution < -0.4 is 9.47 Å². The Morgan fingerprint density at radius 1 is 0.938 bits per heavy atom. The zero-order valence-corrected chi connectivity index (χ0v) is 20.2. The highest BCUT2D eigenvalue weighted by molar-refractivity contribution is 5.76. The summed E-state index contributed by atoms with van der Waals surface area (Å²) >= 11 is 0. The molecule has 0 aliphatic rings. The molecule has 0 bridgehead atoms. The molecule has 0 fully saturated rings. The third-order valence-corrected chi connectivity index (χ3v) is 5.62. The molecule has 174 valence electrons. The second kappa shape index (κ2) is 14.3. The zero-order chi connectivity index (χ0) is 23.2. The first-order valence-corrected chi connectivity index (χ1v) is 11.8. The maximum Gasteiger partial charge on any atom is 0.222 e. The number of hydrogen-bond acceptors (Lipinski definition) is 3. The van der Waals surface area contributed by atoms with Crippen LogP contribution in [0.25, 0.3) is 6.08 Å². The maximum absolute atomic E-state index is 13.1. The second-order valence-corrected chi connectivity index (χ2v) is 8.32. The van der Waals surface area contributed by atoms with Crippen LogP contribution in [0.4, 0.5) is 0 Å². The lowest BCUT2D eigenvalue weighted by molar-refractivity contribution is -0.130. The van der Waals surface area contributed by atoms with Gasteiger partial charge in [0.25, 0.3) is 0 Å². The number of ether oxygens (including phenoxy) is 2. The summed E-state index contributed by atoms with van der Waals surface area (Å²) in [6.07, 6.45) is 9.33. The van der Waals surface area contributed by atoms with Crippen LogP contribution in [0.5, 0.6) is 11.5 Å². The molecule has 2 aromatic rings. The smallest absolute Gasteiger partial charge is 0.222 e. The molecule has 2 aromatic carbocycles. The number of hydrogen-bond donors (Lipinski definition) is 0. The predicted molar refractivity (Wildman–Crippen MR) is 133 cm³/mol. The number of carbonyl (C=O) groups excluding carboxylic acids is 1. The molecule has 2 rings (SSSR count). The number of amides is 1. The molecule has 1 amide bonds. The molecule has 0 saturated carbocycles. The predicted octanol–water partition coefficient (Wildman–Crippen LogP) is 6.54. The third kappa shape index (κ3) is 8.78. The lowest BCUT2D eigenvalue weighted by atomic mass is 10.1. The molecular weight excluding hydrogens is 398 g/mol. The van der Waals surface area contributed by atoms with Crippen molar-refractivity contribution < 1.29 is 14.3 Å².